The van der Waals surface area contributed by atoms with Crippen LogP contribution in [0.3, 0.4) is 0 Å². The van der Waals surface area contributed by atoms with Gasteiger partial charge in [-0.2, -0.15) is 0 Å². The van der Waals surface area contributed by atoms with Gasteiger partial charge in [0.1, 0.15) is 0 Å². The van der Waals surface area contributed by atoms with Crippen LogP contribution in [0.1, 0.15) is 31.0 Å². The van der Waals surface area contributed by atoms with Gasteiger partial charge in [0.05, 0.1) is 11.2 Å². The number of rotatable bonds is 1. The van der Waals surface area contributed by atoms with Gasteiger partial charge in [-0.05, 0) is 24.5 Å². The minimum absolute atomic E-state index is 0.484. The summed E-state index contributed by atoms with van der Waals surface area (Å²) in [7, 11) is 0. The molecule has 0 spiro atoms. The van der Waals surface area contributed by atoms with E-state index in [2.05, 4.69) is 42.4 Å². The van der Waals surface area contributed by atoms with Crippen molar-refractivity contribution in [2.75, 3.05) is 0 Å². The largest absolute Gasteiger partial charge is 0.320 e. The Kier molecular flexibility index (Phi) is 1.83. The monoisotopic (exact) mass is 174 g/mol. The summed E-state index contributed by atoms with van der Waals surface area (Å²) in [5.41, 5.74) is 3.75. The first-order valence-corrected chi connectivity index (χ1v) is 4.62. The molecule has 0 unspecified atom stereocenters. The van der Waals surface area contributed by atoms with E-state index >= 15 is 0 Å². The quantitative estimate of drug-likeness (QED) is 0.649. The molecule has 0 N–H and O–H groups in total. The molecule has 0 atom stereocenters. The lowest BCUT2D eigenvalue weighted by molar-refractivity contribution is 0.821. The number of nitrogens with zero attached hydrogens (tertiary/aromatic N) is 2. The van der Waals surface area contributed by atoms with Gasteiger partial charge >= 0.3 is 0 Å². The molecule has 0 saturated heterocycles. The summed E-state index contributed by atoms with van der Waals surface area (Å²) in [5, 5.41) is 0. The fourth-order valence-corrected chi connectivity index (χ4v) is 1.68. The van der Waals surface area contributed by atoms with Crippen LogP contribution >= 0.6 is 0 Å². The first-order valence-electron chi connectivity index (χ1n) is 4.62. The minimum Gasteiger partial charge on any atom is -0.320 e. The average Bonchev–Trinajstić information content (AvgIpc) is 2.48. The van der Waals surface area contributed by atoms with Crippen LogP contribution in [-0.4, -0.2) is 9.38 Å². The highest BCUT2D eigenvalue weighted by molar-refractivity contribution is 5.59. The summed E-state index contributed by atoms with van der Waals surface area (Å²) < 4.78 is 2.14. The Balaban J connectivity index is 2.80. The van der Waals surface area contributed by atoms with E-state index in [9.17, 15) is 0 Å². The van der Waals surface area contributed by atoms with Gasteiger partial charge in [-0.3, -0.25) is 4.98 Å². The summed E-state index contributed by atoms with van der Waals surface area (Å²) in [5.74, 6) is 0.484. The first kappa shape index (κ1) is 8.30. The van der Waals surface area contributed by atoms with Crippen LogP contribution in [0.2, 0.25) is 0 Å². The second kappa shape index (κ2) is 2.87. The number of aryl methyl sites for hydroxylation is 1. The van der Waals surface area contributed by atoms with Crippen molar-refractivity contribution < 1.29 is 0 Å². The topological polar surface area (TPSA) is 17.3 Å². The standard InChI is InChI=1S/C11H14N2/c1-8(2)10-11-9(3)4-6-13(11)7-5-12-10/h4-8H,1-3H3. The second-order valence-electron chi connectivity index (χ2n) is 3.72. The van der Waals surface area contributed by atoms with Gasteiger partial charge in [-0.1, -0.05) is 13.8 Å². The minimum atomic E-state index is 0.484. The predicted octanol–water partition coefficient (Wildman–Crippen LogP) is 2.77. The Morgan fingerprint density at radius 2 is 2.08 bits per heavy atom. The Bertz CT molecular complexity index is 427. The molecule has 2 aromatic rings. The maximum Gasteiger partial charge on any atom is 0.0699 e. The highest BCUT2D eigenvalue weighted by Crippen LogP contribution is 2.21. The van der Waals surface area contributed by atoms with Gasteiger partial charge < -0.3 is 4.40 Å². The van der Waals surface area contributed by atoms with Crippen LogP contribution in [0.25, 0.3) is 5.52 Å². The van der Waals surface area contributed by atoms with Crippen molar-refractivity contribution in [2.24, 2.45) is 0 Å². The number of fused-ring (bicyclic) bond motifs is 1. The third-order valence-electron chi connectivity index (χ3n) is 2.35. The number of hydrogen-bond donors (Lipinski definition) is 0. The van der Waals surface area contributed by atoms with E-state index in [0.29, 0.717) is 5.92 Å². The molecule has 13 heavy (non-hydrogen) atoms. The van der Waals surface area contributed by atoms with Gasteiger partial charge in [-0.25, -0.2) is 0 Å². The average molecular weight is 174 g/mol. The number of aromatic nitrogens is 2. The van der Waals surface area contributed by atoms with Crippen LogP contribution in [0.4, 0.5) is 0 Å². The predicted molar refractivity (Wildman–Crippen MR) is 54.0 cm³/mol. The van der Waals surface area contributed by atoms with Crippen LogP contribution in [-0.2, 0) is 0 Å². The zero-order valence-corrected chi connectivity index (χ0v) is 8.28. The van der Waals surface area contributed by atoms with E-state index in [1.54, 1.807) is 0 Å². The maximum atomic E-state index is 4.42. The van der Waals surface area contributed by atoms with Crippen molar-refractivity contribution in [3.8, 4) is 0 Å². The van der Waals surface area contributed by atoms with Gasteiger partial charge in [0.15, 0.2) is 0 Å². The zero-order chi connectivity index (χ0) is 9.42. The Morgan fingerprint density at radius 3 is 2.77 bits per heavy atom. The summed E-state index contributed by atoms with van der Waals surface area (Å²) >= 11 is 0. The molecule has 0 bridgehead atoms. The Hall–Kier alpha value is -1.31. The molecule has 2 heterocycles. The van der Waals surface area contributed by atoms with Crippen LogP contribution < -0.4 is 0 Å². The highest BCUT2D eigenvalue weighted by atomic mass is 14.9. The molecule has 2 aromatic heterocycles. The van der Waals surface area contributed by atoms with Gasteiger partial charge in [0.2, 0.25) is 0 Å². The van der Waals surface area contributed by atoms with E-state index in [4.69, 9.17) is 0 Å². The Labute approximate surface area is 78.2 Å². The third-order valence-corrected chi connectivity index (χ3v) is 2.35. The molecular formula is C11H14N2. The summed E-state index contributed by atoms with van der Waals surface area (Å²) in [6, 6.07) is 2.13. The molecule has 2 heteroatoms. The fraction of sp³-hybridized carbons (Fsp3) is 0.364. The molecule has 0 aliphatic rings. The van der Waals surface area contributed by atoms with Crippen LogP contribution in [0.5, 0.6) is 0 Å². The lowest BCUT2D eigenvalue weighted by atomic mass is 10.1. The lowest BCUT2D eigenvalue weighted by Gasteiger charge is -2.07. The van der Waals surface area contributed by atoms with Crippen LogP contribution in [0.15, 0.2) is 24.7 Å². The molecule has 0 amide bonds. The van der Waals surface area contributed by atoms with Crippen molar-refractivity contribution in [1.29, 1.82) is 0 Å². The highest BCUT2D eigenvalue weighted by Gasteiger charge is 2.08. The van der Waals surface area contributed by atoms with E-state index in [1.807, 2.05) is 12.4 Å². The smallest absolute Gasteiger partial charge is 0.0699 e. The molecule has 0 aliphatic heterocycles. The fourth-order valence-electron chi connectivity index (χ4n) is 1.68. The molecule has 0 aliphatic carbocycles. The molecule has 68 valence electrons. The van der Waals surface area contributed by atoms with Crippen LogP contribution in [0, 0.1) is 6.92 Å². The Morgan fingerprint density at radius 1 is 1.31 bits per heavy atom. The summed E-state index contributed by atoms with van der Waals surface area (Å²) in [6.07, 6.45) is 5.94. The van der Waals surface area contributed by atoms with E-state index in [0.717, 1.165) is 0 Å². The number of hydrogen-bond acceptors (Lipinski definition) is 1. The normalized spacial score (nSPS) is 11.4. The first-order chi connectivity index (χ1) is 6.20. The second-order valence-corrected chi connectivity index (χ2v) is 3.72. The molecule has 2 nitrogen and oxygen atoms in total. The van der Waals surface area contributed by atoms with E-state index < -0.39 is 0 Å². The van der Waals surface area contributed by atoms with Crippen molar-refractivity contribution >= 4 is 5.52 Å². The zero-order valence-electron chi connectivity index (χ0n) is 8.28. The molecular weight excluding hydrogens is 160 g/mol. The molecule has 0 radical (unpaired) electrons. The molecule has 0 fully saturated rings. The van der Waals surface area contributed by atoms with Gasteiger partial charge in [0, 0.05) is 18.6 Å². The summed E-state index contributed by atoms with van der Waals surface area (Å²) in [6.45, 7) is 6.48. The molecule has 0 saturated carbocycles. The maximum absolute atomic E-state index is 4.42. The van der Waals surface area contributed by atoms with Gasteiger partial charge in [-0.15, -0.1) is 0 Å². The van der Waals surface area contributed by atoms with Crippen molar-refractivity contribution in [1.82, 2.24) is 9.38 Å². The third kappa shape index (κ3) is 1.22. The van der Waals surface area contributed by atoms with E-state index in [-0.39, 0.29) is 0 Å². The molecule has 0 aromatic carbocycles. The van der Waals surface area contributed by atoms with Gasteiger partial charge in [0.25, 0.3) is 0 Å². The summed E-state index contributed by atoms with van der Waals surface area (Å²) in [4.78, 5) is 4.42. The SMILES string of the molecule is Cc1ccn2ccnc(C(C)C)c12. The van der Waals surface area contributed by atoms with E-state index in [1.165, 1.54) is 16.8 Å². The van der Waals surface area contributed by atoms with Crippen molar-refractivity contribution in [3.05, 3.63) is 35.9 Å². The molecule has 2 rings (SSSR count). The van der Waals surface area contributed by atoms with Crippen molar-refractivity contribution in [3.63, 3.8) is 0 Å². The lowest BCUT2D eigenvalue weighted by Crippen LogP contribution is -1.97. The van der Waals surface area contributed by atoms with Crippen molar-refractivity contribution in [2.45, 2.75) is 26.7 Å².